The van der Waals surface area contributed by atoms with E-state index in [9.17, 15) is 13.2 Å². The summed E-state index contributed by atoms with van der Waals surface area (Å²) in [5.74, 6) is 0.348. The lowest BCUT2D eigenvalue weighted by atomic mass is 10.2. The van der Waals surface area contributed by atoms with Gasteiger partial charge in [-0.15, -0.1) is 0 Å². The highest BCUT2D eigenvalue weighted by atomic mass is 19.4. The van der Waals surface area contributed by atoms with Crippen molar-refractivity contribution in [2.24, 2.45) is 7.05 Å². The fraction of sp³-hybridized carbons (Fsp3) is 0.200. The Morgan fingerprint density at radius 1 is 1.12 bits per heavy atom. The first-order valence-electron chi connectivity index (χ1n) is 6.97. The second kappa shape index (κ2) is 5.91. The van der Waals surface area contributed by atoms with Gasteiger partial charge < -0.3 is 5.32 Å². The van der Waals surface area contributed by atoms with Crippen molar-refractivity contribution in [3.8, 4) is 11.4 Å². The molecule has 0 spiro atoms. The topological polar surface area (TPSA) is 68.5 Å². The number of nitrogens with zero attached hydrogens (tertiary/aromatic N) is 5. The van der Waals surface area contributed by atoms with E-state index in [-0.39, 0.29) is 11.6 Å². The van der Waals surface area contributed by atoms with Crippen LogP contribution in [0.25, 0.3) is 11.4 Å². The first-order valence-corrected chi connectivity index (χ1v) is 6.97. The highest BCUT2D eigenvalue weighted by Crippen LogP contribution is 2.31. The molecule has 3 aromatic rings. The van der Waals surface area contributed by atoms with Crippen molar-refractivity contribution in [3.05, 3.63) is 48.0 Å². The van der Waals surface area contributed by atoms with E-state index in [0.29, 0.717) is 11.4 Å². The van der Waals surface area contributed by atoms with E-state index in [4.69, 9.17) is 0 Å². The van der Waals surface area contributed by atoms with Crippen LogP contribution in [0.5, 0.6) is 0 Å². The van der Waals surface area contributed by atoms with E-state index >= 15 is 0 Å². The lowest BCUT2D eigenvalue weighted by Gasteiger charge is -2.10. The number of alkyl halides is 3. The summed E-state index contributed by atoms with van der Waals surface area (Å²) in [6, 6.07) is 5.76. The average Bonchev–Trinajstić information content (AvgIpc) is 2.85. The van der Waals surface area contributed by atoms with Crippen LogP contribution in [0.2, 0.25) is 0 Å². The van der Waals surface area contributed by atoms with Crippen LogP contribution in [0.4, 0.5) is 24.8 Å². The van der Waals surface area contributed by atoms with Crippen LogP contribution < -0.4 is 5.32 Å². The lowest BCUT2D eigenvalue weighted by molar-refractivity contribution is -0.141. The fourth-order valence-corrected chi connectivity index (χ4v) is 2.03. The molecule has 9 heteroatoms. The van der Waals surface area contributed by atoms with Gasteiger partial charge >= 0.3 is 6.18 Å². The SMILES string of the molecule is Cc1cc(Nc2cc(C(F)(F)F)nc(-c3cccnc3)n2)nn1C. The molecule has 0 aromatic carbocycles. The zero-order valence-electron chi connectivity index (χ0n) is 12.8. The van der Waals surface area contributed by atoms with Crippen LogP contribution in [0.15, 0.2) is 36.7 Å². The normalized spacial score (nSPS) is 11.5. The van der Waals surface area contributed by atoms with Crippen molar-refractivity contribution in [1.29, 1.82) is 0 Å². The Hall–Kier alpha value is -2.97. The Kier molecular flexibility index (Phi) is 3.92. The largest absolute Gasteiger partial charge is 0.433 e. The number of nitrogens with one attached hydrogen (secondary N) is 1. The number of anilines is 2. The van der Waals surface area contributed by atoms with Crippen LogP contribution in [-0.4, -0.2) is 24.7 Å². The van der Waals surface area contributed by atoms with Gasteiger partial charge in [0.1, 0.15) is 5.82 Å². The van der Waals surface area contributed by atoms with Gasteiger partial charge in [0.2, 0.25) is 0 Å². The Labute approximate surface area is 135 Å². The number of aromatic nitrogens is 5. The van der Waals surface area contributed by atoms with Gasteiger partial charge in [-0.1, -0.05) is 0 Å². The minimum atomic E-state index is -4.59. The fourth-order valence-electron chi connectivity index (χ4n) is 2.03. The zero-order valence-corrected chi connectivity index (χ0v) is 12.8. The summed E-state index contributed by atoms with van der Waals surface area (Å²) in [5.41, 5.74) is 0.213. The van der Waals surface area contributed by atoms with Crippen molar-refractivity contribution in [1.82, 2.24) is 24.7 Å². The summed E-state index contributed by atoms with van der Waals surface area (Å²) < 4.78 is 41.0. The third-order valence-electron chi connectivity index (χ3n) is 3.31. The van der Waals surface area contributed by atoms with Crippen molar-refractivity contribution < 1.29 is 13.2 Å². The Bertz CT molecular complexity index is 838. The Balaban J connectivity index is 2.05. The molecule has 0 saturated heterocycles. The summed E-state index contributed by atoms with van der Waals surface area (Å²) in [6.07, 6.45) is -1.66. The van der Waals surface area contributed by atoms with Crippen LogP contribution >= 0.6 is 0 Å². The smallest absolute Gasteiger partial charge is 0.323 e. The van der Waals surface area contributed by atoms with Crippen molar-refractivity contribution in [3.63, 3.8) is 0 Å². The predicted molar refractivity (Wildman–Crippen MR) is 81.5 cm³/mol. The molecule has 0 aliphatic rings. The predicted octanol–water partition coefficient (Wildman–Crippen LogP) is 3.34. The maximum atomic E-state index is 13.1. The summed E-state index contributed by atoms with van der Waals surface area (Å²) in [7, 11) is 1.74. The van der Waals surface area contributed by atoms with Gasteiger partial charge in [0, 0.05) is 42.8 Å². The number of halogens is 3. The molecule has 0 bridgehead atoms. The number of rotatable bonds is 3. The molecule has 124 valence electrons. The highest BCUT2D eigenvalue weighted by molar-refractivity contribution is 5.59. The quantitative estimate of drug-likeness (QED) is 0.795. The molecule has 24 heavy (non-hydrogen) atoms. The molecule has 0 unspecified atom stereocenters. The molecule has 0 atom stereocenters. The first kappa shape index (κ1) is 15.9. The standard InChI is InChI=1S/C15H13F3N6/c1-9-6-13(23-24(9)2)21-12-7-11(15(16,17)18)20-14(22-12)10-4-3-5-19-8-10/h3-8H,1-2H3,(H,20,21,22,23). The first-order chi connectivity index (χ1) is 11.3. The maximum absolute atomic E-state index is 13.1. The minimum absolute atomic E-state index is 0.00859. The van der Waals surface area contributed by atoms with Crippen LogP contribution in [0, 0.1) is 6.92 Å². The summed E-state index contributed by atoms with van der Waals surface area (Å²) in [5, 5.41) is 6.94. The number of hydrogen-bond acceptors (Lipinski definition) is 5. The Morgan fingerprint density at radius 2 is 1.92 bits per heavy atom. The van der Waals surface area contributed by atoms with Gasteiger partial charge in [0.25, 0.3) is 0 Å². The number of pyridine rings is 1. The van der Waals surface area contributed by atoms with E-state index in [1.165, 1.54) is 12.4 Å². The maximum Gasteiger partial charge on any atom is 0.433 e. The van der Waals surface area contributed by atoms with E-state index < -0.39 is 11.9 Å². The molecule has 0 radical (unpaired) electrons. The third kappa shape index (κ3) is 3.34. The van der Waals surface area contributed by atoms with Crippen LogP contribution in [0.3, 0.4) is 0 Å². The van der Waals surface area contributed by atoms with Crippen LogP contribution in [-0.2, 0) is 13.2 Å². The minimum Gasteiger partial charge on any atom is -0.323 e. The highest BCUT2D eigenvalue weighted by Gasteiger charge is 2.34. The van der Waals surface area contributed by atoms with E-state index in [1.807, 2.05) is 6.92 Å². The third-order valence-corrected chi connectivity index (χ3v) is 3.31. The molecular weight excluding hydrogens is 321 g/mol. The molecule has 3 heterocycles. The molecule has 0 aliphatic carbocycles. The van der Waals surface area contributed by atoms with Crippen LogP contribution in [0.1, 0.15) is 11.4 Å². The molecule has 3 rings (SSSR count). The molecule has 0 aliphatic heterocycles. The van der Waals surface area contributed by atoms with Gasteiger partial charge in [-0.3, -0.25) is 9.67 Å². The monoisotopic (exact) mass is 334 g/mol. The molecule has 6 nitrogen and oxygen atoms in total. The molecule has 0 amide bonds. The molecule has 1 N–H and O–H groups in total. The van der Waals surface area contributed by atoms with Gasteiger partial charge in [-0.25, -0.2) is 9.97 Å². The Morgan fingerprint density at radius 3 is 2.50 bits per heavy atom. The molecule has 0 saturated carbocycles. The second-order valence-electron chi connectivity index (χ2n) is 5.12. The van der Waals surface area contributed by atoms with E-state index in [1.54, 1.807) is 29.9 Å². The van der Waals surface area contributed by atoms with Gasteiger partial charge in [0.05, 0.1) is 0 Å². The van der Waals surface area contributed by atoms with E-state index in [0.717, 1.165) is 11.8 Å². The average molecular weight is 334 g/mol. The van der Waals surface area contributed by atoms with Crippen molar-refractivity contribution in [2.75, 3.05) is 5.32 Å². The van der Waals surface area contributed by atoms with Crippen molar-refractivity contribution in [2.45, 2.75) is 13.1 Å². The second-order valence-corrected chi connectivity index (χ2v) is 5.12. The molecule has 3 aromatic heterocycles. The van der Waals surface area contributed by atoms with Gasteiger partial charge in [-0.2, -0.15) is 18.3 Å². The summed E-state index contributed by atoms with van der Waals surface area (Å²) in [6.45, 7) is 1.83. The van der Waals surface area contributed by atoms with Crippen molar-refractivity contribution >= 4 is 11.6 Å². The summed E-state index contributed by atoms with van der Waals surface area (Å²) in [4.78, 5) is 11.6. The lowest BCUT2D eigenvalue weighted by Crippen LogP contribution is -2.11. The summed E-state index contributed by atoms with van der Waals surface area (Å²) >= 11 is 0. The van der Waals surface area contributed by atoms with E-state index in [2.05, 4.69) is 25.4 Å². The molecular formula is C15H13F3N6. The number of hydrogen-bond donors (Lipinski definition) is 1. The molecule has 0 fully saturated rings. The van der Waals surface area contributed by atoms with Gasteiger partial charge in [-0.05, 0) is 19.1 Å². The number of aryl methyl sites for hydroxylation is 2. The van der Waals surface area contributed by atoms with Gasteiger partial charge in [0.15, 0.2) is 17.3 Å². The zero-order chi connectivity index (χ0) is 17.3.